The van der Waals surface area contributed by atoms with Crippen LogP contribution in [0.25, 0.3) is 0 Å². The molecule has 15 nitrogen and oxygen atoms in total. The standard InChI is InChI=1S/C24H39N5O10S/c1-3-12(2)19(25)22(36)26-13(6-8-17(30)31)20(34)28-15(11-40)21(35)27-14(7-9-18(32)33)23(37)29-10-4-5-16(29)24(38)39/h12-16,19,40H,3-11,25H2,1-2H3,(H,26,36)(H,27,35)(H,28,34)(H,30,31)(H,32,33)(H,38,39). The van der Waals surface area contributed by atoms with Gasteiger partial charge in [0.25, 0.3) is 0 Å². The topological polar surface area (TPSA) is 246 Å². The maximum absolute atomic E-state index is 13.1. The Bertz CT molecular complexity index is 964. The van der Waals surface area contributed by atoms with Crippen LogP contribution in [-0.4, -0.2) is 104 Å². The van der Waals surface area contributed by atoms with E-state index in [4.69, 9.17) is 15.9 Å². The Kier molecular flexibility index (Phi) is 14.4. The smallest absolute Gasteiger partial charge is 0.326 e. The number of carbonyl (C=O) groups is 7. The first-order chi connectivity index (χ1) is 18.7. The van der Waals surface area contributed by atoms with E-state index in [2.05, 4.69) is 28.6 Å². The maximum atomic E-state index is 13.1. The molecule has 226 valence electrons. The Morgan fingerprint density at radius 1 is 0.875 bits per heavy atom. The van der Waals surface area contributed by atoms with Gasteiger partial charge >= 0.3 is 17.9 Å². The molecule has 0 saturated carbocycles. The molecule has 1 aliphatic rings. The van der Waals surface area contributed by atoms with Crippen molar-refractivity contribution in [3.8, 4) is 0 Å². The molecule has 40 heavy (non-hydrogen) atoms. The zero-order valence-corrected chi connectivity index (χ0v) is 23.4. The molecule has 0 aromatic heterocycles. The Hall–Kier alpha value is -3.40. The Morgan fingerprint density at radius 2 is 1.38 bits per heavy atom. The number of carboxylic acid groups (broad SMARTS) is 3. The monoisotopic (exact) mass is 589 g/mol. The van der Waals surface area contributed by atoms with Gasteiger partial charge in [-0.05, 0) is 31.6 Å². The molecule has 0 aromatic rings. The summed E-state index contributed by atoms with van der Waals surface area (Å²) in [6.07, 6.45) is -0.398. The minimum absolute atomic E-state index is 0.117. The van der Waals surface area contributed by atoms with Crippen molar-refractivity contribution >= 4 is 54.2 Å². The third-order valence-electron chi connectivity index (χ3n) is 6.74. The van der Waals surface area contributed by atoms with Gasteiger partial charge in [-0.3, -0.25) is 28.8 Å². The van der Waals surface area contributed by atoms with Gasteiger partial charge in [0.05, 0.1) is 6.04 Å². The van der Waals surface area contributed by atoms with Crippen molar-refractivity contribution in [2.24, 2.45) is 11.7 Å². The van der Waals surface area contributed by atoms with Gasteiger partial charge in [0.15, 0.2) is 0 Å². The van der Waals surface area contributed by atoms with Crippen LogP contribution in [0.2, 0.25) is 0 Å². The highest BCUT2D eigenvalue weighted by atomic mass is 32.1. The molecular weight excluding hydrogens is 550 g/mol. The molecule has 16 heteroatoms. The Balaban J connectivity index is 3.05. The summed E-state index contributed by atoms with van der Waals surface area (Å²) in [5.74, 6) is -7.42. The molecule has 1 fully saturated rings. The van der Waals surface area contributed by atoms with Crippen molar-refractivity contribution in [3.05, 3.63) is 0 Å². The fourth-order valence-electron chi connectivity index (χ4n) is 4.07. The second-order valence-electron chi connectivity index (χ2n) is 9.67. The minimum Gasteiger partial charge on any atom is -0.481 e. The van der Waals surface area contributed by atoms with Gasteiger partial charge in [0.2, 0.25) is 23.6 Å². The van der Waals surface area contributed by atoms with Crippen LogP contribution in [-0.2, 0) is 33.6 Å². The number of hydrogen-bond donors (Lipinski definition) is 8. The normalized spacial score (nSPS) is 18.5. The van der Waals surface area contributed by atoms with E-state index in [-0.39, 0.29) is 37.5 Å². The van der Waals surface area contributed by atoms with Crippen molar-refractivity contribution in [2.75, 3.05) is 12.3 Å². The zero-order valence-electron chi connectivity index (χ0n) is 22.5. The molecule has 4 amide bonds. The first-order valence-corrected chi connectivity index (χ1v) is 13.6. The quantitative estimate of drug-likeness (QED) is 0.0912. The molecule has 8 N–H and O–H groups in total. The average Bonchev–Trinajstić information content (AvgIpc) is 3.40. The predicted octanol–water partition coefficient (Wildman–Crippen LogP) is -1.45. The lowest BCUT2D eigenvalue weighted by Crippen LogP contribution is -2.59. The largest absolute Gasteiger partial charge is 0.481 e. The number of nitrogens with zero attached hydrogens (tertiary/aromatic N) is 1. The lowest BCUT2D eigenvalue weighted by molar-refractivity contribution is -0.150. The van der Waals surface area contributed by atoms with Gasteiger partial charge in [0.1, 0.15) is 24.2 Å². The van der Waals surface area contributed by atoms with Crippen LogP contribution in [0.15, 0.2) is 0 Å². The lowest BCUT2D eigenvalue weighted by atomic mass is 9.98. The predicted molar refractivity (Wildman–Crippen MR) is 143 cm³/mol. The SMILES string of the molecule is CCC(C)C(N)C(=O)NC(CCC(=O)O)C(=O)NC(CS)C(=O)NC(CCC(=O)O)C(=O)N1CCCC1C(=O)O. The van der Waals surface area contributed by atoms with Gasteiger partial charge in [-0.15, -0.1) is 0 Å². The number of amides is 4. The molecule has 0 spiro atoms. The number of likely N-dealkylation sites (tertiary alicyclic amines) is 1. The highest BCUT2D eigenvalue weighted by Crippen LogP contribution is 2.20. The van der Waals surface area contributed by atoms with Crippen molar-refractivity contribution in [1.29, 1.82) is 0 Å². The molecule has 1 rings (SSSR count). The van der Waals surface area contributed by atoms with E-state index in [0.717, 1.165) is 4.90 Å². The third-order valence-corrected chi connectivity index (χ3v) is 7.10. The molecule has 0 bridgehead atoms. The fourth-order valence-corrected chi connectivity index (χ4v) is 4.33. The van der Waals surface area contributed by atoms with Gasteiger partial charge in [-0.2, -0.15) is 12.6 Å². The van der Waals surface area contributed by atoms with E-state index < -0.39 is 84.6 Å². The fraction of sp³-hybridized carbons (Fsp3) is 0.708. The van der Waals surface area contributed by atoms with Gasteiger partial charge in [-0.25, -0.2) is 4.79 Å². The molecule has 0 aromatic carbocycles. The summed E-state index contributed by atoms with van der Waals surface area (Å²) in [5.41, 5.74) is 5.91. The van der Waals surface area contributed by atoms with Crippen LogP contribution in [0.5, 0.6) is 0 Å². The van der Waals surface area contributed by atoms with Crippen molar-refractivity contribution in [2.45, 2.75) is 89.0 Å². The number of thiol groups is 1. The minimum atomic E-state index is -1.39. The average molecular weight is 590 g/mol. The number of hydrogen-bond acceptors (Lipinski definition) is 9. The Morgan fingerprint density at radius 3 is 1.88 bits per heavy atom. The lowest BCUT2D eigenvalue weighted by Gasteiger charge is -2.29. The summed E-state index contributed by atoms with van der Waals surface area (Å²) in [6.45, 7) is 3.68. The van der Waals surface area contributed by atoms with E-state index in [1.54, 1.807) is 6.92 Å². The highest BCUT2D eigenvalue weighted by Gasteiger charge is 2.38. The second kappa shape index (κ2) is 16.6. The molecule has 6 unspecified atom stereocenters. The summed E-state index contributed by atoms with van der Waals surface area (Å²) in [4.78, 5) is 86.5. The van der Waals surface area contributed by atoms with Crippen molar-refractivity contribution in [3.63, 3.8) is 0 Å². The first kappa shape index (κ1) is 34.6. The second-order valence-corrected chi connectivity index (χ2v) is 10.0. The number of carbonyl (C=O) groups excluding carboxylic acids is 4. The molecule has 1 aliphatic heterocycles. The maximum Gasteiger partial charge on any atom is 0.326 e. The summed E-state index contributed by atoms with van der Waals surface area (Å²) < 4.78 is 0. The van der Waals surface area contributed by atoms with Crippen molar-refractivity contribution < 1.29 is 48.9 Å². The van der Waals surface area contributed by atoms with E-state index >= 15 is 0 Å². The summed E-state index contributed by atoms with van der Waals surface area (Å²) >= 11 is 4.07. The van der Waals surface area contributed by atoms with E-state index in [0.29, 0.717) is 12.8 Å². The number of nitrogens with one attached hydrogen (secondary N) is 3. The molecule has 1 saturated heterocycles. The molecular formula is C24H39N5O10S. The number of aliphatic carboxylic acids is 3. The molecule has 1 heterocycles. The third kappa shape index (κ3) is 10.6. The van der Waals surface area contributed by atoms with Crippen LogP contribution in [0.1, 0.15) is 58.8 Å². The number of nitrogens with two attached hydrogens (primary N) is 1. The molecule has 0 radical (unpaired) electrons. The van der Waals surface area contributed by atoms with Crippen LogP contribution in [0.3, 0.4) is 0 Å². The van der Waals surface area contributed by atoms with Gasteiger partial charge in [0, 0.05) is 25.1 Å². The highest BCUT2D eigenvalue weighted by molar-refractivity contribution is 7.80. The summed E-state index contributed by atoms with van der Waals surface area (Å²) in [6, 6.07) is -6.18. The number of carboxylic acids is 3. The zero-order chi connectivity index (χ0) is 30.6. The van der Waals surface area contributed by atoms with Crippen LogP contribution in [0, 0.1) is 5.92 Å². The van der Waals surface area contributed by atoms with Crippen molar-refractivity contribution in [1.82, 2.24) is 20.9 Å². The number of rotatable bonds is 17. The van der Waals surface area contributed by atoms with Crippen LogP contribution < -0.4 is 21.7 Å². The van der Waals surface area contributed by atoms with Crippen LogP contribution in [0.4, 0.5) is 0 Å². The van der Waals surface area contributed by atoms with E-state index in [1.165, 1.54) is 0 Å². The summed E-state index contributed by atoms with van der Waals surface area (Å²) in [5, 5.41) is 34.7. The van der Waals surface area contributed by atoms with Crippen LogP contribution >= 0.6 is 12.6 Å². The first-order valence-electron chi connectivity index (χ1n) is 13.0. The van der Waals surface area contributed by atoms with E-state index in [9.17, 15) is 38.7 Å². The van der Waals surface area contributed by atoms with Gasteiger partial charge < -0.3 is 41.9 Å². The summed E-state index contributed by atoms with van der Waals surface area (Å²) in [7, 11) is 0. The van der Waals surface area contributed by atoms with Gasteiger partial charge in [-0.1, -0.05) is 20.3 Å². The van der Waals surface area contributed by atoms with E-state index in [1.807, 2.05) is 6.92 Å². The molecule has 0 aliphatic carbocycles. The Labute approximate surface area is 237 Å². The molecule has 6 atom stereocenters.